The van der Waals surface area contributed by atoms with Crippen LogP contribution in [-0.4, -0.2) is 41.2 Å². The van der Waals surface area contributed by atoms with Crippen LogP contribution in [0.15, 0.2) is 54.6 Å². The fraction of sp³-hybridized carbons (Fsp3) is 0.304. The first-order valence-corrected chi connectivity index (χ1v) is 9.72. The Morgan fingerprint density at radius 1 is 1.13 bits per heavy atom. The van der Waals surface area contributed by atoms with E-state index in [1.54, 1.807) is 6.07 Å². The predicted molar refractivity (Wildman–Crippen MR) is 126 cm³/mol. The van der Waals surface area contributed by atoms with E-state index in [2.05, 4.69) is 27.8 Å². The highest BCUT2D eigenvalue weighted by Crippen LogP contribution is 2.25. The van der Waals surface area contributed by atoms with Crippen LogP contribution in [0, 0.1) is 6.92 Å². The largest absolute Gasteiger partial charge is 0.387 e. The minimum absolute atomic E-state index is 0. The van der Waals surface area contributed by atoms with E-state index in [9.17, 15) is 9.90 Å². The van der Waals surface area contributed by atoms with Crippen molar-refractivity contribution in [2.24, 2.45) is 0 Å². The van der Waals surface area contributed by atoms with Gasteiger partial charge in [0.05, 0.1) is 11.1 Å². The highest BCUT2D eigenvalue weighted by Gasteiger charge is 2.29. The SMILES string of the molecule is Cc1ccc2cc(-c3cccc(C(=O)NCC4(O)CCCNC4)c3)ccc2n1.Cl.Cl. The highest BCUT2D eigenvalue weighted by molar-refractivity contribution is 5.96. The number of fused-ring (bicyclic) bond motifs is 1. The number of carbonyl (C=O) groups excluding carboxylic acids is 1. The molecule has 2 aromatic carbocycles. The predicted octanol–water partition coefficient (Wildman–Crippen LogP) is 3.90. The number of nitrogens with zero attached hydrogens (tertiary/aromatic N) is 1. The maximum absolute atomic E-state index is 12.6. The first-order valence-electron chi connectivity index (χ1n) is 9.72. The molecule has 3 N–H and O–H groups in total. The number of pyridine rings is 1. The molecule has 4 rings (SSSR count). The number of hydrogen-bond donors (Lipinski definition) is 3. The summed E-state index contributed by atoms with van der Waals surface area (Å²) in [5.41, 5.74) is 3.71. The van der Waals surface area contributed by atoms with Crippen molar-refractivity contribution in [3.05, 3.63) is 65.9 Å². The van der Waals surface area contributed by atoms with Crippen LogP contribution in [0.2, 0.25) is 0 Å². The molecule has 1 aromatic heterocycles. The maximum Gasteiger partial charge on any atom is 0.251 e. The number of piperidine rings is 1. The molecule has 7 heteroatoms. The number of β-amino-alcohol motifs (C(OH)–C–C–N with tert-alkyl or cyclic N) is 1. The average molecular weight is 448 g/mol. The monoisotopic (exact) mass is 447 g/mol. The van der Waals surface area contributed by atoms with E-state index in [0.29, 0.717) is 18.5 Å². The van der Waals surface area contributed by atoms with Crippen LogP contribution in [0.1, 0.15) is 28.9 Å². The summed E-state index contributed by atoms with van der Waals surface area (Å²) in [6, 6.07) is 17.8. The number of aliphatic hydroxyl groups is 1. The Balaban J connectivity index is 0.00000160. The van der Waals surface area contributed by atoms with Gasteiger partial charge in [-0.3, -0.25) is 9.78 Å². The van der Waals surface area contributed by atoms with Gasteiger partial charge in [-0.1, -0.05) is 24.3 Å². The quantitative estimate of drug-likeness (QED) is 0.566. The van der Waals surface area contributed by atoms with Gasteiger partial charge in [-0.15, -0.1) is 24.8 Å². The fourth-order valence-electron chi connectivity index (χ4n) is 3.70. The van der Waals surface area contributed by atoms with Crippen molar-refractivity contribution < 1.29 is 9.90 Å². The van der Waals surface area contributed by atoms with Gasteiger partial charge >= 0.3 is 0 Å². The molecule has 3 aromatic rings. The minimum atomic E-state index is -0.866. The summed E-state index contributed by atoms with van der Waals surface area (Å²) in [5.74, 6) is -0.168. The van der Waals surface area contributed by atoms with Crippen LogP contribution < -0.4 is 10.6 Å². The van der Waals surface area contributed by atoms with Crippen molar-refractivity contribution >= 4 is 41.6 Å². The molecule has 1 saturated heterocycles. The Hall–Kier alpha value is -2.18. The van der Waals surface area contributed by atoms with Gasteiger partial charge in [0.25, 0.3) is 5.91 Å². The van der Waals surface area contributed by atoms with E-state index in [-0.39, 0.29) is 37.3 Å². The highest BCUT2D eigenvalue weighted by atomic mass is 35.5. The van der Waals surface area contributed by atoms with E-state index in [1.165, 1.54) is 0 Å². The van der Waals surface area contributed by atoms with Gasteiger partial charge in [-0.05, 0) is 67.8 Å². The first-order chi connectivity index (χ1) is 13.5. The van der Waals surface area contributed by atoms with Gasteiger partial charge in [0.1, 0.15) is 0 Å². The Morgan fingerprint density at radius 3 is 2.70 bits per heavy atom. The van der Waals surface area contributed by atoms with Crippen LogP contribution in [0.5, 0.6) is 0 Å². The van der Waals surface area contributed by atoms with Gasteiger partial charge in [-0.25, -0.2) is 0 Å². The Labute approximate surface area is 189 Å². The first kappa shape index (κ1) is 24.1. The van der Waals surface area contributed by atoms with Crippen molar-refractivity contribution in [3.8, 4) is 11.1 Å². The van der Waals surface area contributed by atoms with E-state index >= 15 is 0 Å². The molecule has 1 aliphatic rings. The smallest absolute Gasteiger partial charge is 0.251 e. The van der Waals surface area contributed by atoms with Gasteiger partial charge < -0.3 is 15.7 Å². The van der Waals surface area contributed by atoms with Gasteiger partial charge in [0.2, 0.25) is 0 Å². The van der Waals surface area contributed by atoms with E-state index in [0.717, 1.165) is 40.7 Å². The Morgan fingerprint density at radius 2 is 1.93 bits per heavy atom. The molecular weight excluding hydrogens is 421 g/mol. The molecule has 0 saturated carbocycles. The third kappa shape index (κ3) is 5.49. The molecule has 0 aliphatic carbocycles. The van der Waals surface area contributed by atoms with Crippen molar-refractivity contribution in [2.45, 2.75) is 25.4 Å². The molecule has 30 heavy (non-hydrogen) atoms. The van der Waals surface area contributed by atoms with Crippen LogP contribution in [-0.2, 0) is 0 Å². The third-order valence-corrected chi connectivity index (χ3v) is 5.31. The number of carbonyl (C=O) groups is 1. The topological polar surface area (TPSA) is 74.2 Å². The number of amides is 1. The van der Waals surface area contributed by atoms with Crippen molar-refractivity contribution in [1.29, 1.82) is 0 Å². The molecule has 1 amide bonds. The summed E-state index contributed by atoms with van der Waals surface area (Å²) in [6.07, 6.45) is 1.61. The second kappa shape index (κ2) is 10.2. The molecule has 1 aliphatic heterocycles. The number of benzene rings is 2. The molecule has 0 spiro atoms. The van der Waals surface area contributed by atoms with E-state index < -0.39 is 5.60 Å². The van der Waals surface area contributed by atoms with E-state index in [1.807, 2.05) is 43.3 Å². The van der Waals surface area contributed by atoms with Gasteiger partial charge in [-0.2, -0.15) is 0 Å². The molecule has 5 nitrogen and oxygen atoms in total. The lowest BCUT2D eigenvalue weighted by Gasteiger charge is -2.32. The van der Waals surface area contributed by atoms with Gasteiger partial charge in [0.15, 0.2) is 0 Å². The summed E-state index contributed by atoms with van der Waals surface area (Å²) in [4.78, 5) is 17.1. The number of aromatic nitrogens is 1. The zero-order valence-corrected chi connectivity index (χ0v) is 18.5. The molecule has 1 atom stereocenters. The number of aryl methyl sites for hydroxylation is 1. The maximum atomic E-state index is 12.6. The summed E-state index contributed by atoms with van der Waals surface area (Å²) in [7, 11) is 0. The standard InChI is InChI=1S/C23H25N3O2.2ClH/c1-16-6-7-19-12-18(8-9-21(19)26-16)17-4-2-5-20(13-17)22(27)25-15-23(28)10-3-11-24-14-23;;/h2,4-9,12-13,24,28H,3,10-11,14-15H2,1H3,(H,25,27);2*1H. The zero-order valence-electron chi connectivity index (χ0n) is 16.9. The minimum Gasteiger partial charge on any atom is -0.387 e. The van der Waals surface area contributed by atoms with Crippen molar-refractivity contribution in [2.75, 3.05) is 19.6 Å². The second-order valence-electron chi connectivity index (χ2n) is 7.63. The number of halogens is 2. The fourth-order valence-corrected chi connectivity index (χ4v) is 3.70. The van der Waals surface area contributed by atoms with E-state index in [4.69, 9.17) is 0 Å². The molecule has 1 unspecified atom stereocenters. The summed E-state index contributed by atoms with van der Waals surface area (Å²) < 4.78 is 0. The van der Waals surface area contributed by atoms with Crippen LogP contribution in [0.3, 0.4) is 0 Å². The summed E-state index contributed by atoms with van der Waals surface area (Å²) in [5, 5.41) is 17.7. The molecule has 2 heterocycles. The number of rotatable bonds is 4. The third-order valence-electron chi connectivity index (χ3n) is 5.31. The molecule has 0 bridgehead atoms. The van der Waals surface area contributed by atoms with Crippen molar-refractivity contribution in [3.63, 3.8) is 0 Å². The second-order valence-corrected chi connectivity index (χ2v) is 7.63. The Kier molecular flexibility index (Phi) is 8.21. The van der Waals surface area contributed by atoms with Crippen molar-refractivity contribution in [1.82, 2.24) is 15.6 Å². The lowest BCUT2D eigenvalue weighted by atomic mass is 9.94. The van der Waals surface area contributed by atoms with Crippen LogP contribution in [0.4, 0.5) is 0 Å². The molecule has 160 valence electrons. The van der Waals surface area contributed by atoms with Crippen LogP contribution in [0.25, 0.3) is 22.0 Å². The summed E-state index contributed by atoms with van der Waals surface area (Å²) >= 11 is 0. The molecule has 1 fully saturated rings. The van der Waals surface area contributed by atoms with Crippen LogP contribution >= 0.6 is 24.8 Å². The molecular formula is C23H27Cl2N3O2. The normalized spacial score (nSPS) is 18.2. The number of hydrogen-bond acceptors (Lipinski definition) is 4. The molecule has 0 radical (unpaired) electrons. The zero-order chi connectivity index (χ0) is 19.6. The van der Waals surface area contributed by atoms with Gasteiger partial charge in [0, 0.05) is 29.7 Å². The Bertz CT molecular complexity index is 1020. The average Bonchev–Trinajstić information content (AvgIpc) is 2.72. The number of nitrogens with one attached hydrogen (secondary N) is 2. The lowest BCUT2D eigenvalue weighted by Crippen LogP contribution is -2.52. The summed E-state index contributed by atoms with van der Waals surface area (Å²) in [6.45, 7) is 3.66. The lowest BCUT2D eigenvalue weighted by molar-refractivity contribution is 0.0170.